The van der Waals surface area contributed by atoms with Gasteiger partial charge in [0.05, 0.1) is 25.3 Å². The first-order valence-corrected chi connectivity index (χ1v) is 13.0. The Balaban J connectivity index is 1.62. The third-order valence-electron chi connectivity index (χ3n) is 6.58. The maximum atomic E-state index is 13.1. The molecule has 39 heavy (non-hydrogen) atoms. The first-order chi connectivity index (χ1) is 18.9. The molecule has 10 nitrogen and oxygen atoms in total. The Morgan fingerprint density at radius 2 is 1.97 bits per heavy atom. The molecule has 1 aromatic heterocycles. The van der Waals surface area contributed by atoms with Crippen LogP contribution in [0.15, 0.2) is 54.9 Å². The van der Waals surface area contributed by atoms with Crippen LogP contribution in [0.5, 0.6) is 11.5 Å². The third kappa shape index (κ3) is 7.15. The van der Waals surface area contributed by atoms with Crippen LogP contribution in [-0.2, 0) is 22.7 Å². The zero-order valence-corrected chi connectivity index (χ0v) is 22.5. The molecule has 4 rings (SSSR count). The molecule has 2 amide bonds. The fraction of sp³-hybridized carbons (Fsp3) is 0.379. The van der Waals surface area contributed by atoms with Crippen molar-refractivity contribution in [3.05, 3.63) is 66.0 Å². The Hall–Kier alpha value is -4.36. The van der Waals surface area contributed by atoms with Crippen molar-refractivity contribution in [1.82, 2.24) is 25.1 Å². The van der Waals surface area contributed by atoms with Crippen molar-refractivity contribution in [1.29, 1.82) is 5.26 Å². The number of nitrogens with one attached hydrogen (secondary N) is 2. The van der Waals surface area contributed by atoms with Gasteiger partial charge in [-0.3, -0.25) is 14.5 Å². The number of rotatable bonds is 4. The summed E-state index contributed by atoms with van der Waals surface area (Å²) in [6.07, 6.45) is 3.58. The lowest BCUT2D eigenvalue weighted by atomic mass is 10.0. The van der Waals surface area contributed by atoms with Gasteiger partial charge in [0, 0.05) is 44.1 Å². The van der Waals surface area contributed by atoms with Gasteiger partial charge in [0.2, 0.25) is 11.8 Å². The molecule has 2 heterocycles. The number of carbonyl (C=O) groups is 2. The number of amides is 2. The smallest absolute Gasteiger partial charge is 0.242 e. The second-order valence-corrected chi connectivity index (χ2v) is 9.76. The molecule has 1 atom stereocenters. The van der Waals surface area contributed by atoms with Crippen LogP contribution in [0.2, 0.25) is 0 Å². The number of aromatic nitrogens is 2. The summed E-state index contributed by atoms with van der Waals surface area (Å²) in [7, 11) is 1.59. The third-order valence-corrected chi connectivity index (χ3v) is 6.58. The van der Waals surface area contributed by atoms with Crippen LogP contribution in [0, 0.1) is 17.2 Å². The molecular formula is C29H34N6O4. The highest BCUT2D eigenvalue weighted by atomic mass is 16.5. The molecule has 0 aliphatic carbocycles. The van der Waals surface area contributed by atoms with Crippen molar-refractivity contribution in [3.63, 3.8) is 0 Å². The molecule has 1 aliphatic heterocycles. The van der Waals surface area contributed by atoms with Gasteiger partial charge in [0.1, 0.15) is 18.5 Å². The van der Waals surface area contributed by atoms with Gasteiger partial charge in [-0.1, -0.05) is 26.0 Å². The van der Waals surface area contributed by atoms with Crippen molar-refractivity contribution >= 4 is 11.8 Å². The molecule has 3 aromatic rings. The minimum Gasteiger partial charge on any atom is -0.493 e. The molecule has 1 aliphatic rings. The van der Waals surface area contributed by atoms with Gasteiger partial charge in [0.25, 0.3) is 0 Å². The van der Waals surface area contributed by atoms with Crippen molar-refractivity contribution in [2.24, 2.45) is 5.92 Å². The molecule has 0 radical (unpaired) electrons. The van der Waals surface area contributed by atoms with Gasteiger partial charge in [0.15, 0.2) is 11.5 Å². The van der Waals surface area contributed by atoms with E-state index in [1.54, 1.807) is 25.4 Å². The monoisotopic (exact) mass is 530 g/mol. The molecule has 204 valence electrons. The first-order valence-electron chi connectivity index (χ1n) is 13.0. The van der Waals surface area contributed by atoms with E-state index in [9.17, 15) is 9.59 Å². The summed E-state index contributed by atoms with van der Waals surface area (Å²) >= 11 is 0. The van der Waals surface area contributed by atoms with Gasteiger partial charge in [-0.15, -0.1) is 0 Å². The van der Waals surface area contributed by atoms with Crippen LogP contribution in [0.4, 0.5) is 0 Å². The quantitative estimate of drug-likeness (QED) is 0.532. The summed E-state index contributed by atoms with van der Waals surface area (Å²) < 4.78 is 13.6. The van der Waals surface area contributed by atoms with E-state index in [1.165, 1.54) is 0 Å². The number of carbonyl (C=O) groups excluding carboxylic acids is 2. The SMILES string of the molecule is COc1ccc2cc1OCCN(Cc1ccc(C#N)cc1)CC(=O)N[C@H](C(C)C)C(=O)NCCn1ccnc1-2. The van der Waals surface area contributed by atoms with Crippen LogP contribution >= 0.6 is 0 Å². The first kappa shape index (κ1) is 27.7. The van der Waals surface area contributed by atoms with Gasteiger partial charge in [-0.05, 0) is 41.8 Å². The predicted molar refractivity (Wildman–Crippen MR) is 146 cm³/mol. The Morgan fingerprint density at radius 1 is 1.18 bits per heavy atom. The van der Waals surface area contributed by atoms with E-state index in [4.69, 9.17) is 14.7 Å². The van der Waals surface area contributed by atoms with Crippen LogP contribution in [0.25, 0.3) is 11.4 Å². The highest BCUT2D eigenvalue weighted by Gasteiger charge is 2.25. The highest BCUT2D eigenvalue weighted by molar-refractivity contribution is 5.88. The number of ether oxygens (including phenoxy) is 2. The molecule has 0 saturated carbocycles. The number of imidazole rings is 1. The lowest BCUT2D eigenvalue weighted by Crippen LogP contribution is -2.52. The second kappa shape index (κ2) is 12.9. The molecule has 0 fully saturated rings. The van der Waals surface area contributed by atoms with Gasteiger partial charge < -0.3 is 24.7 Å². The van der Waals surface area contributed by atoms with Crippen molar-refractivity contribution in [3.8, 4) is 29.0 Å². The van der Waals surface area contributed by atoms with E-state index in [0.29, 0.717) is 49.8 Å². The largest absolute Gasteiger partial charge is 0.493 e. The molecular weight excluding hydrogens is 496 g/mol. The summed E-state index contributed by atoms with van der Waals surface area (Å²) in [6, 6.07) is 14.4. The number of nitriles is 1. The lowest BCUT2D eigenvalue weighted by molar-refractivity contribution is -0.130. The summed E-state index contributed by atoms with van der Waals surface area (Å²) in [5.74, 6) is 1.35. The predicted octanol–water partition coefficient (Wildman–Crippen LogP) is 2.58. The lowest BCUT2D eigenvalue weighted by Gasteiger charge is -2.25. The number of fused-ring (bicyclic) bond motifs is 4. The van der Waals surface area contributed by atoms with E-state index in [1.807, 2.05) is 59.8 Å². The minimum absolute atomic E-state index is 0.0758. The molecule has 10 heteroatoms. The minimum atomic E-state index is -0.664. The number of nitrogens with zero attached hydrogens (tertiary/aromatic N) is 4. The van der Waals surface area contributed by atoms with Crippen LogP contribution in [-0.4, -0.2) is 65.7 Å². The Morgan fingerprint density at radius 3 is 2.69 bits per heavy atom. The Kier molecular flexibility index (Phi) is 9.18. The van der Waals surface area contributed by atoms with Crippen LogP contribution < -0.4 is 20.1 Å². The molecule has 2 aromatic carbocycles. The van der Waals surface area contributed by atoms with Gasteiger partial charge in [-0.25, -0.2) is 4.98 Å². The normalized spacial score (nSPS) is 17.3. The van der Waals surface area contributed by atoms with Crippen LogP contribution in [0.3, 0.4) is 0 Å². The van der Waals surface area contributed by atoms with E-state index in [0.717, 1.165) is 17.0 Å². The number of methoxy groups -OCH3 is 1. The number of benzene rings is 2. The molecule has 0 saturated heterocycles. The van der Waals surface area contributed by atoms with Crippen LogP contribution in [0.1, 0.15) is 25.0 Å². The fourth-order valence-electron chi connectivity index (χ4n) is 4.49. The zero-order chi connectivity index (χ0) is 27.8. The Bertz CT molecular complexity index is 1330. The molecule has 2 bridgehead atoms. The van der Waals surface area contributed by atoms with E-state index >= 15 is 0 Å². The van der Waals surface area contributed by atoms with E-state index < -0.39 is 6.04 Å². The van der Waals surface area contributed by atoms with Crippen molar-refractivity contribution < 1.29 is 19.1 Å². The fourth-order valence-corrected chi connectivity index (χ4v) is 4.49. The summed E-state index contributed by atoms with van der Waals surface area (Å²) in [5.41, 5.74) is 2.39. The second-order valence-electron chi connectivity index (χ2n) is 9.76. The maximum absolute atomic E-state index is 13.1. The van der Waals surface area contributed by atoms with Gasteiger partial charge >= 0.3 is 0 Å². The van der Waals surface area contributed by atoms with Gasteiger partial charge in [-0.2, -0.15) is 5.26 Å². The summed E-state index contributed by atoms with van der Waals surface area (Å²) in [6.45, 7) is 5.99. The van der Waals surface area contributed by atoms with Crippen molar-refractivity contribution in [2.75, 3.05) is 33.4 Å². The van der Waals surface area contributed by atoms with E-state index in [2.05, 4.69) is 21.7 Å². The van der Waals surface area contributed by atoms with Crippen molar-refractivity contribution in [2.45, 2.75) is 33.0 Å². The van der Waals surface area contributed by atoms with E-state index in [-0.39, 0.29) is 24.3 Å². The standard InChI is InChI=1S/C29H34N6O4/c1-20(2)27-29(37)32-11-13-35-12-10-31-28(35)23-8-9-24(38-3)25(16-23)39-15-14-34(19-26(36)33-27)18-22-6-4-21(17-30)5-7-22/h4-10,12,16,20,27H,11,13-15,18-19H2,1-3H3,(H,32,37)(H,33,36)/t27-/m1/s1. The molecule has 2 N–H and O–H groups in total. The average molecular weight is 531 g/mol. The molecule has 0 unspecified atom stereocenters. The maximum Gasteiger partial charge on any atom is 0.242 e. The zero-order valence-electron chi connectivity index (χ0n) is 22.5. The molecule has 0 spiro atoms. The Labute approximate surface area is 228 Å². The summed E-state index contributed by atoms with van der Waals surface area (Å²) in [5, 5.41) is 15.0. The topological polar surface area (TPSA) is 122 Å². The number of hydrogen-bond acceptors (Lipinski definition) is 7. The summed E-state index contributed by atoms with van der Waals surface area (Å²) in [4.78, 5) is 32.6. The number of hydrogen-bond donors (Lipinski definition) is 2. The average Bonchev–Trinajstić information content (AvgIpc) is 3.40. The highest BCUT2D eigenvalue weighted by Crippen LogP contribution is 2.32.